The highest BCUT2D eigenvalue weighted by molar-refractivity contribution is 6.30. The Morgan fingerprint density at radius 2 is 1.72 bits per heavy atom. The van der Waals surface area contributed by atoms with Crippen LogP contribution in [0.3, 0.4) is 0 Å². The van der Waals surface area contributed by atoms with E-state index in [4.69, 9.17) is 16.7 Å². The number of halogens is 2. The third-order valence-corrected chi connectivity index (χ3v) is 6.80. The van der Waals surface area contributed by atoms with Crippen molar-refractivity contribution in [2.24, 2.45) is 0 Å². The minimum atomic E-state index is -0.961. The maximum atomic E-state index is 14.7. The summed E-state index contributed by atoms with van der Waals surface area (Å²) in [6.07, 6.45) is 2.56. The van der Waals surface area contributed by atoms with Gasteiger partial charge in [-0.3, -0.25) is 9.59 Å². The molecule has 186 valence electrons. The Morgan fingerprint density at radius 1 is 1.06 bits per heavy atom. The van der Waals surface area contributed by atoms with E-state index in [1.165, 1.54) is 6.07 Å². The summed E-state index contributed by atoms with van der Waals surface area (Å²) in [5.41, 5.74) is 4.90. The molecule has 4 rings (SSSR count). The van der Waals surface area contributed by atoms with Crippen LogP contribution in [0.25, 0.3) is 10.9 Å². The van der Waals surface area contributed by atoms with Crippen LogP contribution < -0.4 is 5.32 Å². The lowest BCUT2D eigenvalue weighted by Crippen LogP contribution is -2.26. The molecule has 7 heteroatoms. The Bertz CT molecular complexity index is 1380. The maximum absolute atomic E-state index is 14.7. The predicted molar refractivity (Wildman–Crippen MR) is 140 cm³/mol. The van der Waals surface area contributed by atoms with Crippen LogP contribution in [0.15, 0.2) is 66.9 Å². The van der Waals surface area contributed by atoms with E-state index in [9.17, 15) is 14.0 Å². The molecule has 0 aliphatic carbocycles. The quantitative estimate of drug-likeness (QED) is 0.233. The standard InChI is InChI=1S/C29H28ClFN2O3/c1-3-22(18-4-6-20(7-5-18)29(36)32-13-12-26(34)35)27(19-8-10-21(30)11-9-19)24-16-33-28-23(24)14-17(2)15-25(28)31/h4-11,14-16,22,27,33H,3,12-13H2,1-2H3,(H,32,36)(H,34,35). The summed E-state index contributed by atoms with van der Waals surface area (Å²) in [4.78, 5) is 26.2. The number of hydrogen-bond acceptors (Lipinski definition) is 2. The molecule has 1 amide bonds. The lowest BCUT2D eigenvalue weighted by atomic mass is 9.75. The number of carboxylic acid groups (broad SMARTS) is 1. The number of aromatic amines is 1. The van der Waals surface area contributed by atoms with E-state index in [1.54, 1.807) is 12.1 Å². The molecule has 0 aliphatic heterocycles. The van der Waals surface area contributed by atoms with Gasteiger partial charge in [-0.15, -0.1) is 0 Å². The van der Waals surface area contributed by atoms with Gasteiger partial charge in [-0.05, 0) is 77.9 Å². The molecule has 5 nitrogen and oxygen atoms in total. The first-order valence-corrected chi connectivity index (χ1v) is 12.3. The molecule has 1 heterocycles. The van der Waals surface area contributed by atoms with E-state index >= 15 is 0 Å². The molecule has 0 saturated heterocycles. The second-order valence-electron chi connectivity index (χ2n) is 8.98. The van der Waals surface area contributed by atoms with Gasteiger partial charge in [-0.1, -0.05) is 42.8 Å². The van der Waals surface area contributed by atoms with Gasteiger partial charge in [-0.2, -0.15) is 0 Å². The Hall–Kier alpha value is -3.64. The van der Waals surface area contributed by atoms with Crippen LogP contribution in [0.1, 0.15) is 64.2 Å². The van der Waals surface area contributed by atoms with Crippen molar-refractivity contribution in [2.45, 2.75) is 38.5 Å². The number of aromatic nitrogens is 1. The number of carboxylic acids is 1. The molecule has 0 bridgehead atoms. The zero-order valence-electron chi connectivity index (χ0n) is 20.1. The highest BCUT2D eigenvalue weighted by atomic mass is 35.5. The maximum Gasteiger partial charge on any atom is 0.305 e. The van der Waals surface area contributed by atoms with Gasteiger partial charge >= 0.3 is 5.97 Å². The normalized spacial score (nSPS) is 12.9. The van der Waals surface area contributed by atoms with Gasteiger partial charge < -0.3 is 15.4 Å². The zero-order valence-corrected chi connectivity index (χ0v) is 20.9. The molecule has 2 atom stereocenters. The Kier molecular flexibility index (Phi) is 7.75. The molecule has 0 fully saturated rings. The number of rotatable bonds is 9. The first-order chi connectivity index (χ1) is 17.3. The third-order valence-electron chi connectivity index (χ3n) is 6.55. The van der Waals surface area contributed by atoms with Crippen molar-refractivity contribution < 1.29 is 19.1 Å². The van der Waals surface area contributed by atoms with E-state index in [0.29, 0.717) is 16.1 Å². The summed E-state index contributed by atoms with van der Waals surface area (Å²) in [5, 5.41) is 12.9. The van der Waals surface area contributed by atoms with Crippen molar-refractivity contribution in [2.75, 3.05) is 6.54 Å². The van der Waals surface area contributed by atoms with E-state index in [1.807, 2.05) is 55.6 Å². The number of amides is 1. The third kappa shape index (κ3) is 5.44. The molecule has 0 radical (unpaired) electrons. The fraction of sp³-hybridized carbons (Fsp3) is 0.241. The summed E-state index contributed by atoms with van der Waals surface area (Å²) >= 11 is 6.18. The predicted octanol–water partition coefficient (Wildman–Crippen LogP) is 6.80. The highest BCUT2D eigenvalue weighted by Gasteiger charge is 2.28. The van der Waals surface area contributed by atoms with Crippen LogP contribution in [0.5, 0.6) is 0 Å². The second kappa shape index (κ2) is 11.0. The van der Waals surface area contributed by atoms with Crippen molar-refractivity contribution in [1.82, 2.24) is 10.3 Å². The number of nitrogens with one attached hydrogen (secondary N) is 2. The Labute approximate surface area is 214 Å². The van der Waals surface area contributed by atoms with Crippen LogP contribution in [0, 0.1) is 12.7 Å². The topological polar surface area (TPSA) is 82.2 Å². The number of carbonyl (C=O) groups excluding carboxylic acids is 1. The lowest BCUT2D eigenvalue weighted by molar-refractivity contribution is -0.136. The largest absolute Gasteiger partial charge is 0.481 e. The van der Waals surface area contributed by atoms with Gasteiger partial charge in [0.1, 0.15) is 5.82 Å². The monoisotopic (exact) mass is 506 g/mol. The molecule has 2 unspecified atom stereocenters. The molecular formula is C29H28ClFN2O3. The molecule has 0 saturated carbocycles. The van der Waals surface area contributed by atoms with Crippen LogP contribution in [0.4, 0.5) is 4.39 Å². The highest BCUT2D eigenvalue weighted by Crippen LogP contribution is 2.43. The molecule has 3 aromatic carbocycles. The fourth-order valence-electron chi connectivity index (χ4n) is 4.83. The number of benzene rings is 3. The first-order valence-electron chi connectivity index (χ1n) is 11.9. The van der Waals surface area contributed by atoms with Crippen molar-refractivity contribution in [3.8, 4) is 0 Å². The van der Waals surface area contributed by atoms with Crippen molar-refractivity contribution in [3.05, 3.63) is 106 Å². The molecule has 36 heavy (non-hydrogen) atoms. The SMILES string of the molecule is CCC(c1ccc(C(=O)NCCC(=O)O)cc1)C(c1ccc(Cl)cc1)c1c[nH]c2c(F)cc(C)cc12. The van der Waals surface area contributed by atoms with Crippen molar-refractivity contribution >= 4 is 34.4 Å². The number of aliphatic carboxylic acids is 1. The molecule has 0 spiro atoms. The van der Waals surface area contributed by atoms with Crippen LogP contribution >= 0.6 is 11.6 Å². The van der Waals surface area contributed by atoms with E-state index in [2.05, 4.69) is 17.2 Å². The van der Waals surface area contributed by atoms with Crippen LogP contribution in [-0.2, 0) is 4.79 Å². The Morgan fingerprint density at radius 3 is 2.36 bits per heavy atom. The van der Waals surface area contributed by atoms with Gasteiger partial charge in [0.2, 0.25) is 0 Å². The second-order valence-corrected chi connectivity index (χ2v) is 9.42. The zero-order chi connectivity index (χ0) is 25.8. The number of fused-ring (bicyclic) bond motifs is 1. The van der Waals surface area contributed by atoms with Crippen molar-refractivity contribution in [3.63, 3.8) is 0 Å². The summed E-state index contributed by atoms with van der Waals surface area (Å²) in [7, 11) is 0. The molecule has 1 aromatic heterocycles. The lowest BCUT2D eigenvalue weighted by Gasteiger charge is -2.28. The van der Waals surface area contributed by atoms with Crippen LogP contribution in [0.2, 0.25) is 5.02 Å². The molecule has 4 aromatic rings. The summed E-state index contributed by atoms with van der Waals surface area (Å²) < 4.78 is 14.7. The minimum Gasteiger partial charge on any atom is -0.481 e. The number of hydrogen-bond donors (Lipinski definition) is 3. The summed E-state index contributed by atoms with van der Waals surface area (Å²) in [6.45, 7) is 4.07. The fourth-order valence-corrected chi connectivity index (χ4v) is 4.96. The molecule has 3 N–H and O–H groups in total. The van der Waals surface area contributed by atoms with Gasteiger partial charge in [0.25, 0.3) is 5.91 Å². The van der Waals surface area contributed by atoms with Crippen LogP contribution in [-0.4, -0.2) is 28.5 Å². The van der Waals surface area contributed by atoms with E-state index in [0.717, 1.165) is 34.1 Å². The van der Waals surface area contributed by atoms with Gasteiger partial charge in [-0.25, -0.2) is 4.39 Å². The number of carbonyl (C=O) groups is 2. The number of H-pyrrole nitrogens is 1. The summed E-state index contributed by atoms with van der Waals surface area (Å²) in [6, 6.07) is 18.6. The average molecular weight is 507 g/mol. The smallest absolute Gasteiger partial charge is 0.305 e. The van der Waals surface area contributed by atoms with Gasteiger partial charge in [0.05, 0.1) is 11.9 Å². The van der Waals surface area contributed by atoms with E-state index < -0.39 is 5.97 Å². The molecule has 0 aliphatic rings. The first kappa shape index (κ1) is 25.5. The Balaban J connectivity index is 1.73. The van der Waals surface area contributed by atoms with E-state index in [-0.39, 0.29) is 36.5 Å². The molecular weight excluding hydrogens is 479 g/mol. The minimum absolute atomic E-state index is 0.0397. The van der Waals surface area contributed by atoms with Gasteiger partial charge in [0.15, 0.2) is 0 Å². The average Bonchev–Trinajstić information content (AvgIpc) is 3.26. The van der Waals surface area contributed by atoms with Crippen molar-refractivity contribution in [1.29, 1.82) is 0 Å². The number of aryl methyl sites for hydroxylation is 1. The van der Waals surface area contributed by atoms with Gasteiger partial charge in [0, 0.05) is 34.6 Å². The summed E-state index contributed by atoms with van der Waals surface area (Å²) in [5.74, 6) is -1.60.